The van der Waals surface area contributed by atoms with Crippen LogP contribution in [0.1, 0.15) is 26.2 Å². The van der Waals surface area contributed by atoms with Crippen LogP contribution in [0.25, 0.3) is 11.1 Å². The highest BCUT2D eigenvalue weighted by atomic mass is 31.2. The van der Waals surface area contributed by atoms with Crippen LogP contribution in [0.15, 0.2) is 72.8 Å². The molecule has 0 amide bonds. The Morgan fingerprint density at radius 1 is 0.931 bits per heavy atom. The molecule has 1 aliphatic rings. The number of benzene rings is 3. The van der Waals surface area contributed by atoms with Gasteiger partial charge < -0.3 is 14.9 Å². The zero-order valence-electron chi connectivity index (χ0n) is 16.5. The van der Waals surface area contributed by atoms with Crippen LogP contribution in [0, 0.1) is 0 Å². The van der Waals surface area contributed by atoms with Gasteiger partial charge in [0.25, 0.3) is 7.37 Å². The monoisotopic (exact) mass is 407 g/mol. The Labute approximate surface area is 172 Å². The summed E-state index contributed by atoms with van der Waals surface area (Å²) >= 11 is 0. The van der Waals surface area contributed by atoms with Gasteiger partial charge in [-0.2, -0.15) is 0 Å². The molecule has 3 aromatic carbocycles. The Hall–Kier alpha value is -2.71. The number of nitrogens with one attached hydrogen (secondary N) is 1. The van der Waals surface area contributed by atoms with Crippen molar-refractivity contribution in [1.29, 1.82) is 0 Å². The van der Waals surface area contributed by atoms with Crippen LogP contribution < -0.4 is 15.1 Å². The lowest BCUT2D eigenvalue weighted by molar-refractivity contribution is 0.466. The van der Waals surface area contributed by atoms with E-state index in [-0.39, 0.29) is 11.4 Å². The summed E-state index contributed by atoms with van der Waals surface area (Å²) in [4.78, 5) is 0. The summed E-state index contributed by atoms with van der Waals surface area (Å²) in [6.07, 6.45) is 2.52. The van der Waals surface area contributed by atoms with Crippen molar-refractivity contribution in [3.63, 3.8) is 0 Å². The Morgan fingerprint density at radius 3 is 2.38 bits per heavy atom. The fourth-order valence-electron chi connectivity index (χ4n) is 3.99. The lowest BCUT2D eigenvalue weighted by atomic mass is 10.0. The van der Waals surface area contributed by atoms with Gasteiger partial charge in [0.1, 0.15) is 11.5 Å². The molecule has 29 heavy (non-hydrogen) atoms. The van der Waals surface area contributed by atoms with Crippen molar-refractivity contribution in [3.05, 3.63) is 72.8 Å². The minimum atomic E-state index is -3.07. The zero-order chi connectivity index (χ0) is 20.3. The highest BCUT2D eigenvalue weighted by molar-refractivity contribution is 7.68. The summed E-state index contributed by atoms with van der Waals surface area (Å²) < 4.78 is 20.6. The quantitative estimate of drug-likeness (QED) is 0.371. The van der Waals surface area contributed by atoms with Crippen molar-refractivity contribution in [2.24, 2.45) is 0 Å². The number of hydrogen-bond donors (Lipinski definition) is 2. The van der Waals surface area contributed by atoms with Gasteiger partial charge in [-0.05, 0) is 54.8 Å². The molecule has 1 heterocycles. The van der Waals surface area contributed by atoms with Crippen LogP contribution in [0.4, 0.5) is 5.69 Å². The third-order valence-electron chi connectivity index (χ3n) is 5.43. The summed E-state index contributed by atoms with van der Waals surface area (Å²) in [5.74, 6) is 0.955. The van der Waals surface area contributed by atoms with Crippen molar-refractivity contribution in [3.8, 4) is 22.6 Å². The zero-order valence-corrected chi connectivity index (χ0v) is 17.4. The SMILES string of the molecule is CCCC(CCNc1ccc(O)cc1)P1(=O)Oc2ccccc2-c2ccccc21. The number of phenolic OH excluding ortho intramolecular Hbond substituents is 1. The first-order valence-electron chi connectivity index (χ1n) is 10.1. The third kappa shape index (κ3) is 3.90. The molecule has 0 aliphatic carbocycles. The number of fused-ring (bicyclic) bond motifs is 3. The van der Waals surface area contributed by atoms with E-state index in [9.17, 15) is 9.67 Å². The van der Waals surface area contributed by atoms with Gasteiger partial charge in [-0.15, -0.1) is 0 Å². The van der Waals surface area contributed by atoms with E-state index >= 15 is 0 Å². The normalized spacial score (nSPS) is 18.2. The molecule has 0 aromatic heterocycles. The van der Waals surface area contributed by atoms with E-state index < -0.39 is 7.37 Å². The molecule has 1 aliphatic heterocycles. The van der Waals surface area contributed by atoms with E-state index in [1.807, 2.05) is 60.7 Å². The Kier molecular flexibility index (Phi) is 5.64. The van der Waals surface area contributed by atoms with E-state index in [0.29, 0.717) is 12.3 Å². The molecule has 0 radical (unpaired) electrons. The molecule has 5 heteroatoms. The Bertz CT molecular complexity index is 1030. The number of phenols is 1. The second-order valence-electron chi connectivity index (χ2n) is 7.41. The van der Waals surface area contributed by atoms with Gasteiger partial charge in [0, 0.05) is 17.8 Å². The minimum Gasteiger partial charge on any atom is -0.508 e. The molecule has 3 aromatic rings. The Morgan fingerprint density at radius 2 is 1.62 bits per heavy atom. The molecule has 150 valence electrons. The molecule has 0 saturated heterocycles. The van der Waals surface area contributed by atoms with Crippen LogP contribution in [-0.4, -0.2) is 17.3 Å². The van der Waals surface area contributed by atoms with Crippen molar-refractivity contribution in [1.82, 2.24) is 0 Å². The number of anilines is 1. The van der Waals surface area contributed by atoms with Crippen LogP contribution in [0.3, 0.4) is 0 Å². The maximum atomic E-state index is 14.3. The smallest absolute Gasteiger partial charge is 0.280 e. The van der Waals surface area contributed by atoms with Crippen LogP contribution in [-0.2, 0) is 4.57 Å². The van der Waals surface area contributed by atoms with Gasteiger partial charge in [-0.3, -0.25) is 4.57 Å². The van der Waals surface area contributed by atoms with Gasteiger partial charge in [-0.1, -0.05) is 49.7 Å². The summed E-state index contributed by atoms with van der Waals surface area (Å²) in [7, 11) is -3.07. The topological polar surface area (TPSA) is 58.6 Å². The lowest BCUT2D eigenvalue weighted by Crippen LogP contribution is -2.27. The van der Waals surface area contributed by atoms with E-state index in [1.165, 1.54) is 0 Å². The molecule has 2 atom stereocenters. The molecule has 0 saturated carbocycles. The predicted molar refractivity (Wildman–Crippen MR) is 120 cm³/mol. The molecular weight excluding hydrogens is 381 g/mol. The second-order valence-corrected chi connectivity index (χ2v) is 10.00. The van der Waals surface area contributed by atoms with Crippen LogP contribution in [0.5, 0.6) is 11.5 Å². The molecule has 2 N–H and O–H groups in total. The van der Waals surface area contributed by atoms with E-state index in [2.05, 4.69) is 12.2 Å². The maximum Gasteiger partial charge on any atom is 0.280 e. The molecule has 4 rings (SSSR count). The molecule has 0 fully saturated rings. The van der Waals surface area contributed by atoms with Crippen LogP contribution >= 0.6 is 7.37 Å². The van der Waals surface area contributed by atoms with Crippen molar-refractivity contribution in [2.75, 3.05) is 11.9 Å². The van der Waals surface area contributed by atoms with E-state index in [4.69, 9.17) is 4.52 Å². The number of para-hydroxylation sites is 1. The maximum absolute atomic E-state index is 14.3. The van der Waals surface area contributed by atoms with Crippen LogP contribution in [0.2, 0.25) is 0 Å². The molecular formula is C24H26NO3P. The molecule has 4 nitrogen and oxygen atoms in total. The largest absolute Gasteiger partial charge is 0.508 e. The highest BCUT2D eigenvalue weighted by Gasteiger charge is 2.41. The molecule has 2 unspecified atom stereocenters. The van der Waals surface area contributed by atoms with Gasteiger partial charge in [0.15, 0.2) is 0 Å². The average molecular weight is 407 g/mol. The van der Waals surface area contributed by atoms with Gasteiger partial charge >= 0.3 is 0 Å². The number of rotatable bonds is 7. The van der Waals surface area contributed by atoms with Gasteiger partial charge in [0.2, 0.25) is 0 Å². The summed E-state index contributed by atoms with van der Waals surface area (Å²) in [5.41, 5.74) is 2.90. The Balaban J connectivity index is 1.61. The van der Waals surface area contributed by atoms with E-state index in [0.717, 1.165) is 41.4 Å². The van der Waals surface area contributed by atoms with E-state index in [1.54, 1.807) is 12.1 Å². The fourth-order valence-corrected chi connectivity index (χ4v) is 6.97. The number of aromatic hydroxyl groups is 1. The number of hydrogen-bond acceptors (Lipinski definition) is 4. The predicted octanol–water partition coefficient (Wildman–Crippen LogP) is 6.03. The highest BCUT2D eigenvalue weighted by Crippen LogP contribution is 2.59. The lowest BCUT2D eigenvalue weighted by Gasteiger charge is -2.34. The average Bonchev–Trinajstić information content (AvgIpc) is 2.75. The standard InChI is InChI=1S/C24H26NO3P/c1-2-7-20(16-17-25-18-12-14-19(26)15-13-18)29(27)24-11-6-4-9-22(24)21-8-3-5-10-23(21)28-29/h3-6,8-15,20,25-26H,2,7,16-17H2,1H3. The third-order valence-corrected chi connectivity index (χ3v) is 8.43. The van der Waals surface area contributed by atoms with Gasteiger partial charge in [-0.25, -0.2) is 0 Å². The summed E-state index contributed by atoms with van der Waals surface area (Å²) in [5, 5.41) is 13.6. The molecule has 0 spiro atoms. The van der Waals surface area contributed by atoms with Gasteiger partial charge in [0.05, 0.1) is 11.0 Å². The van der Waals surface area contributed by atoms with Crippen molar-refractivity contribution < 1.29 is 14.2 Å². The fraction of sp³-hybridized carbons (Fsp3) is 0.250. The first-order chi connectivity index (χ1) is 14.1. The summed E-state index contributed by atoms with van der Waals surface area (Å²) in [6.45, 7) is 2.81. The van der Waals surface area contributed by atoms with Crippen molar-refractivity contribution in [2.45, 2.75) is 31.8 Å². The molecule has 0 bridgehead atoms. The first kappa shape index (κ1) is 19.6. The first-order valence-corrected chi connectivity index (χ1v) is 11.8. The van der Waals surface area contributed by atoms with Crippen molar-refractivity contribution >= 4 is 18.4 Å². The summed E-state index contributed by atoms with van der Waals surface area (Å²) in [6, 6.07) is 22.8. The minimum absolute atomic E-state index is 0.0633. The second kappa shape index (κ2) is 8.34.